The van der Waals surface area contributed by atoms with E-state index in [0.29, 0.717) is 24.0 Å². The van der Waals surface area contributed by atoms with Gasteiger partial charge >= 0.3 is 0 Å². The Kier molecular flexibility index (Phi) is 4.17. The minimum absolute atomic E-state index is 0.180. The zero-order valence-corrected chi connectivity index (χ0v) is 13.2. The molecule has 5 nitrogen and oxygen atoms in total. The van der Waals surface area contributed by atoms with E-state index < -0.39 is 0 Å². The van der Waals surface area contributed by atoms with Crippen LogP contribution in [0.2, 0.25) is 0 Å². The van der Waals surface area contributed by atoms with Gasteiger partial charge in [-0.3, -0.25) is 9.48 Å². The predicted molar refractivity (Wildman–Crippen MR) is 83.3 cm³/mol. The van der Waals surface area contributed by atoms with Crippen LogP contribution in [0, 0.1) is 18.7 Å². The minimum Gasteiger partial charge on any atom is -0.393 e. The third kappa shape index (κ3) is 3.27. The molecule has 2 N–H and O–H groups in total. The van der Waals surface area contributed by atoms with Crippen molar-refractivity contribution in [2.24, 2.45) is 13.0 Å². The van der Waals surface area contributed by atoms with E-state index in [1.54, 1.807) is 17.8 Å². The number of rotatable bonds is 4. The molecular weight excluding hydrogens is 297 g/mol. The fourth-order valence-corrected chi connectivity index (χ4v) is 3.08. The molecule has 0 aliphatic heterocycles. The third-order valence-corrected chi connectivity index (χ3v) is 4.42. The first-order valence-electron chi connectivity index (χ1n) is 7.67. The van der Waals surface area contributed by atoms with Gasteiger partial charge in [-0.05, 0) is 49.4 Å². The number of nitrogens with one attached hydrogen (secondary N) is 1. The first kappa shape index (κ1) is 15.7. The fraction of sp³-hybridized carbons (Fsp3) is 0.412. The fourth-order valence-electron chi connectivity index (χ4n) is 3.08. The Labute approximate surface area is 134 Å². The number of nitrogens with zero attached hydrogens (tertiary/aromatic N) is 2. The van der Waals surface area contributed by atoms with Crippen LogP contribution in [-0.4, -0.2) is 26.9 Å². The lowest BCUT2D eigenvalue weighted by Crippen LogP contribution is -2.41. The van der Waals surface area contributed by atoms with Crippen LogP contribution in [0.3, 0.4) is 0 Å². The average Bonchev–Trinajstić information content (AvgIpc) is 2.88. The summed E-state index contributed by atoms with van der Waals surface area (Å²) in [7, 11) is 1.82. The summed E-state index contributed by atoms with van der Waals surface area (Å²) in [6.45, 7) is 1.71. The third-order valence-electron chi connectivity index (χ3n) is 4.42. The lowest BCUT2D eigenvalue weighted by atomic mass is 9.75. The van der Waals surface area contributed by atoms with E-state index in [0.717, 1.165) is 5.56 Å². The number of carbonyl (C=O) groups excluding carboxylic acids is 1. The topological polar surface area (TPSA) is 67.2 Å². The maximum Gasteiger partial charge on any atom is 0.252 e. The molecule has 0 saturated heterocycles. The molecule has 0 spiro atoms. The van der Waals surface area contributed by atoms with Crippen molar-refractivity contribution >= 4 is 5.91 Å². The summed E-state index contributed by atoms with van der Waals surface area (Å²) >= 11 is 0. The normalized spacial score (nSPS) is 21.6. The van der Waals surface area contributed by atoms with E-state index in [9.17, 15) is 14.3 Å². The van der Waals surface area contributed by atoms with Crippen molar-refractivity contribution in [1.29, 1.82) is 0 Å². The summed E-state index contributed by atoms with van der Waals surface area (Å²) < 4.78 is 14.9. The summed E-state index contributed by atoms with van der Waals surface area (Å²) in [6.07, 6.45) is 4.61. The average molecular weight is 317 g/mol. The predicted octanol–water partition coefficient (Wildman–Crippen LogP) is 2.11. The van der Waals surface area contributed by atoms with Gasteiger partial charge in [0.1, 0.15) is 5.82 Å². The molecule has 1 aromatic heterocycles. The van der Waals surface area contributed by atoms with E-state index in [2.05, 4.69) is 10.4 Å². The van der Waals surface area contributed by atoms with Gasteiger partial charge in [-0.15, -0.1) is 0 Å². The molecule has 1 aliphatic rings. The number of halogens is 1. The molecule has 1 atom stereocenters. The van der Waals surface area contributed by atoms with Gasteiger partial charge in [-0.1, -0.05) is 0 Å². The van der Waals surface area contributed by atoms with Crippen LogP contribution in [0.25, 0.3) is 0 Å². The number of benzene rings is 1. The van der Waals surface area contributed by atoms with E-state index in [1.807, 2.05) is 13.2 Å². The van der Waals surface area contributed by atoms with Crippen LogP contribution in [0.4, 0.5) is 4.39 Å². The molecule has 1 amide bonds. The summed E-state index contributed by atoms with van der Waals surface area (Å²) in [4.78, 5) is 12.6. The Balaban J connectivity index is 1.81. The summed E-state index contributed by atoms with van der Waals surface area (Å²) in [6, 6.07) is 3.93. The molecule has 0 bridgehead atoms. The highest BCUT2D eigenvalue weighted by Crippen LogP contribution is 2.38. The van der Waals surface area contributed by atoms with Crippen molar-refractivity contribution in [2.75, 3.05) is 0 Å². The number of aliphatic hydroxyl groups is 1. The molecule has 1 fully saturated rings. The molecule has 0 unspecified atom stereocenters. The molecule has 3 rings (SSSR count). The van der Waals surface area contributed by atoms with Gasteiger partial charge in [0, 0.05) is 24.4 Å². The van der Waals surface area contributed by atoms with Crippen molar-refractivity contribution in [2.45, 2.75) is 31.9 Å². The Morgan fingerprint density at radius 1 is 1.48 bits per heavy atom. The minimum atomic E-state index is -0.357. The number of carbonyl (C=O) groups is 1. The first-order chi connectivity index (χ1) is 10.9. The van der Waals surface area contributed by atoms with Crippen LogP contribution >= 0.6 is 0 Å². The second-order valence-electron chi connectivity index (χ2n) is 6.24. The van der Waals surface area contributed by atoms with Crippen molar-refractivity contribution < 1.29 is 14.3 Å². The molecule has 23 heavy (non-hydrogen) atoms. The Bertz CT molecular complexity index is 722. The number of aromatic nitrogens is 2. The van der Waals surface area contributed by atoms with Gasteiger partial charge in [0.05, 0.1) is 18.3 Å². The lowest BCUT2D eigenvalue weighted by molar-refractivity contribution is 0.0235. The maximum absolute atomic E-state index is 13.2. The molecule has 0 radical (unpaired) electrons. The molecule has 6 heteroatoms. The molecule has 1 aromatic carbocycles. The van der Waals surface area contributed by atoms with Crippen molar-refractivity contribution in [1.82, 2.24) is 15.1 Å². The zero-order chi connectivity index (χ0) is 16.6. The van der Waals surface area contributed by atoms with Crippen LogP contribution in [0.1, 0.15) is 40.4 Å². The summed E-state index contributed by atoms with van der Waals surface area (Å²) in [5.74, 6) is -0.415. The molecule has 122 valence electrons. The van der Waals surface area contributed by atoms with E-state index in [-0.39, 0.29) is 29.8 Å². The SMILES string of the molecule is Cc1cc(F)ccc1C(=O)N[C@H](c1cnn(C)c1)C1CC(O)C1. The number of hydrogen-bond acceptors (Lipinski definition) is 3. The highest BCUT2D eigenvalue weighted by atomic mass is 19.1. The zero-order valence-electron chi connectivity index (χ0n) is 13.2. The van der Waals surface area contributed by atoms with Gasteiger partial charge in [0.15, 0.2) is 0 Å². The Morgan fingerprint density at radius 3 is 2.78 bits per heavy atom. The largest absolute Gasteiger partial charge is 0.393 e. The number of aryl methyl sites for hydroxylation is 2. The standard InChI is InChI=1S/C17H20FN3O2/c1-10-5-13(18)3-4-15(10)17(23)20-16(11-6-14(22)7-11)12-8-19-21(2)9-12/h3-5,8-9,11,14,16,22H,6-7H2,1-2H3,(H,20,23)/t11?,14?,16-/m0/s1. The van der Waals surface area contributed by atoms with Crippen LogP contribution in [0.5, 0.6) is 0 Å². The Hall–Kier alpha value is -2.21. The monoisotopic (exact) mass is 317 g/mol. The van der Waals surface area contributed by atoms with Gasteiger partial charge in [-0.2, -0.15) is 5.10 Å². The highest BCUT2D eigenvalue weighted by molar-refractivity contribution is 5.95. The van der Waals surface area contributed by atoms with Crippen molar-refractivity contribution in [3.8, 4) is 0 Å². The molecule has 1 aliphatic carbocycles. The van der Waals surface area contributed by atoms with Gasteiger partial charge in [0.25, 0.3) is 5.91 Å². The molecule has 2 aromatic rings. The van der Waals surface area contributed by atoms with Crippen molar-refractivity contribution in [3.63, 3.8) is 0 Å². The van der Waals surface area contributed by atoms with Crippen LogP contribution in [-0.2, 0) is 7.05 Å². The smallest absolute Gasteiger partial charge is 0.252 e. The maximum atomic E-state index is 13.2. The molecule has 1 saturated carbocycles. The van der Waals surface area contributed by atoms with E-state index >= 15 is 0 Å². The van der Waals surface area contributed by atoms with Crippen molar-refractivity contribution in [3.05, 3.63) is 53.1 Å². The molecular formula is C17H20FN3O2. The second-order valence-corrected chi connectivity index (χ2v) is 6.24. The quantitative estimate of drug-likeness (QED) is 0.907. The summed E-state index contributed by atoms with van der Waals surface area (Å²) in [5, 5.41) is 16.7. The number of hydrogen-bond donors (Lipinski definition) is 2. The van der Waals surface area contributed by atoms with E-state index in [4.69, 9.17) is 0 Å². The van der Waals surface area contributed by atoms with E-state index in [1.165, 1.54) is 18.2 Å². The Morgan fingerprint density at radius 2 is 2.22 bits per heavy atom. The number of amides is 1. The first-order valence-corrected chi connectivity index (χ1v) is 7.67. The second kappa shape index (κ2) is 6.12. The lowest BCUT2D eigenvalue weighted by Gasteiger charge is -2.37. The molecule has 1 heterocycles. The van der Waals surface area contributed by atoms with Gasteiger partial charge < -0.3 is 10.4 Å². The van der Waals surface area contributed by atoms with Gasteiger partial charge in [0.2, 0.25) is 0 Å². The van der Waals surface area contributed by atoms with Gasteiger partial charge in [-0.25, -0.2) is 4.39 Å². The number of aliphatic hydroxyl groups excluding tert-OH is 1. The van der Waals surface area contributed by atoms with Crippen LogP contribution in [0.15, 0.2) is 30.6 Å². The highest BCUT2D eigenvalue weighted by Gasteiger charge is 2.36. The van der Waals surface area contributed by atoms with Crippen LogP contribution < -0.4 is 5.32 Å². The summed E-state index contributed by atoms with van der Waals surface area (Å²) in [5.41, 5.74) is 1.97.